The van der Waals surface area contributed by atoms with Crippen LogP contribution in [0, 0.1) is 6.92 Å². The molecule has 0 atom stereocenters. The van der Waals surface area contributed by atoms with E-state index >= 15 is 0 Å². The van der Waals surface area contributed by atoms with Gasteiger partial charge < -0.3 is 4.74 Å². The number of para-hydroxylation sites is 1. The van der Waals surface area contributed by atoms with Gasteiger partial charge in [0, 0.05) is 0 Å². The fourth-order valence-corrected chi connectivity index (χ4v) is 1.89. The highest BCUT2D eigenvalue weighted by molar-refractivity contribution is 5.32. The van der Waals surface area contributed by atoms with Crippen LogP contribution in [0.3, 0.4) is 0 Å². The minimum atomic E-state index is 0.923. The zero-order chi connectivity index (χ0) is 13.8. The molecule has 104 valence electrons. The van der Waals surface area contributed by atoms with E-state index in [0.717, 1.165) is 11.3 Å². The summed E-state index contributed by atoms with van der Waals surface area (Å²) in [4.78, 5) is 0. The van der Waals surface area contributed by atoms with Crippen molar-refractivity contribution in [2.45, 2.75) is 52.4 Å². The number of unbranched alkanes of at least 4 members (excludes halogenated alkanes) is 5. The second-order valence-corrected chi connectivity index (χ2v) is 4.84. The van der Waals surface area contributed by atoms with E-state index in [2.05, 4.69) is 32.1 Å². The lowest BCUT2D eigenvalue weighted by atomic mass is 10.1. The molecule has 0 amide bonds. The fraction of sp³-hybridized carbons (Fsp3) is 0.444. The van der Waals surface area contributed by atoms with E-state index in [4.69, 9.17) is 4.74 Å². The first-order valence-corrected chi connectivity index (χ1v) is 7.38. The summed E-state index contributed by atoms with van der Waals surface area (Å²) in [5.41, 5.74) is 1.16. The Balaban J connectivity index is 2.11. The molecule has 0 heterocycles. The Morgan fingerprint density at radius 1 is 1.00 bits per heavy atom. The Kier molecular flexibility index (Phi) is 8.54. The maximum Gasteiger partial charge on any atom is 0.129 e. The number of hydrogen-bond donors (Lipinski definition) is 0. The van der Waals surface area contributed by atoms with Crippen molar-refractivity contribution >= 4 is 0 Å². The summed E-state index contributed by atoms with van der Waals surface area (Å²) in [6, 6.07) is 8.04. The molecule has 0 radical (unpaired) electrons. The van der Waals surface area contributed by atoms with Gasteiger partial charge in [0.2, 0.25) is 0 Å². The quantitative estimate of drug-likeness (QED) is 0.309. The topological polar surface area (TPSA) is 9.23 Å². The van der Waals surface area contributed by atoms with Gasteiger partial charge in [-0.2, -0.15) is 0 Å². The fourth-order valence-electron chi connectivity index (χ4n) is 1.89. The molecule has 1 heteroatoms. The smallest absolute Gasteiger partial charge is 0.129 e. The van der Waals surface area contributed by atoms with E-state index in [1.54, 1.807) is 6.26 Å². The monoisotopic (exact) mass is 258 g/mol. The van der Waals surface area contributed by atoms with Gasteiger partial charge in [0.25, 0.3) is 0 Å². The summed E-state index contributed by atoms with van der Waals surface area (Å²) < 4.78 is 5.56. The molecule has 19 heavy (non-hydrogen) atoms. The van der Waals surface area contributed by atoms with Crippen LogP contribution in [0.5, 0.6) is 5.75 Å². The van der Waals surface area contributed by atoms with E-state index in [1.165, 1.54) is 38.5 Å². The molecule has 0 spiro atoms. The third-order valence-electron chi connectivity index (χ3n) is 3.09. The van der Waals surface area contributed by atoms with Crippen molar-refractivity contribution in [1.29, 1.82) is 0 Å². The SMILES string of the molecule is CCCCCCCC=CC=COc1ccccc1C. The Bertz CT molecular complexity index is 390. The Morgan fingerprint density at radius 3 is 2.58 bits per heavy atom. The van der Waals surface area contributed by atoms with Crippen LogP contribution in [0.25, 0.3) is 0 Å². The van der Waals surface area contributed by atoms with Gasteiger partial charge in [0.05, 0.1) is 6.26 Å². The van der Waals surface area contributed by atoms with E-state index < -0.39 is 0 Å². The van der Waals surface area contributed by atoms with Gasteiger partial charge in [0.15, 0.2) is 0 Å². The van der Waals surface area contributed by atoms with E-state index in [1.807, 2.05) is 24.3 Å². The first kappa shape index (κ1) is 15.6. The predicted octanol–water partition coefficient (Wildman–Crippen LogP) is 5.80. The molecule has 0 fully saturated rings. The van der Waals surface area contributed by atoms with Gasteiger partial charge in [-0.1, -0.05) is 63.0 Å². The van der Waals surface area contributed by atoms with Gasteiger partial charge in [-0.05, 0) is 37.5 Å². The lowest BCUT2D eigenvalue weighted by Gasteiger charge is -2.02. The zero-order valence-electron chi connectivity index (χ0n) is 12.3. The molecule has 0 aromatic heterocycles. The molecular weight excluding hydrogens is 232 g/mol. The molecule has 0 aliphatic carbocycles. The third kappa shape index (κ3) is 7.50. The second kappa shape index (κ2) is 10.4. The second-order valence-electron chi connectivity index (χ2n) is 4.84. The Morgan fingerprint density at radius 2 is 1.79 bits per heavy atom. The largest absolute Gasteiger partial charge is 0.465 e. The van der Waals surface area contributed by atoms with Crippen molar-refractivity contribution in [3.63, 3.8) is 0 Å². The van der Waals surface area contributed by atoms with Crippen LogP contribution in [0.4, 0.5) is 0 Å². The van der Waals surface area contributed by atoms with Crippen molar-refractivity contribution in [3.05, 3.63) is 54.3 Å². The van der Waals surface area contributed by atoms with Gasteiger partial charge in [0.1, 0.15) is 5.75 Å². The summed E-state index contributed by atoms with van der Waals surface area (Å²) in [6.45, 7) is 4.30. The molecule has 1 rings (SSSR count). The number of benzene rings is 1. The lowest BCUT2D eigenvalue weighted by Crippen LogP contribution is -1.84. The summed E-state index contributed by atoms with van der Waals surface area (Å²) in [6.07, 6.45) is 15.8. The van der Waals surface area contributed by atoms with Crippen LogP contribution >= 0.6 is 0 Å². The van der Waals surface area contributed by atoms with Gasteiger partial charge >= 0.3 is 0 Å². The molecule has 0 bridgehead atoms. The number of ether oxygens (including phenoxy) is 1. The number of allylic oxidation sites excluding steroid dienone is 3. The Labute approximate surface area is 118 Å². The molecule has 0 aliphatic heterocycles. The average molecular weight is 258 g/mol. The normalized spacial score (nSPS) is 11.5. The van der Waals surface area contributed by atoms with Gasteiger partial charge in [-0.25, -0.2) is 0 Å². The van der Waals surface area contributed by atoms with Crippen LogP contribution in [0.1, 0.15) is 51.0 Å². The van der Waals surface area contributed by atoms with Crippen LogP contribution < -0.4 is 4.74 Å². The van der Waals surface area contributed by atoms with Crippen LogP contribution in [0.15, 0.2) is 48.8 Å². The maximum absolute atomic E-state index is 5.56. The average Bonchev–Trinajstić information content (AvgIpc) is 2.43. The Hall–Kier alpha value is -1.50. The van der Waals surface area contributed by atoms with Crippen molar-refractivity contribution < 1.29 is 4.74 Å². The van der Waals surface area contributed by atoms with Crippen molar-refractivity contribution in [2.24, 2.45) is 0 Å². The zero-order valence-corrected chi connectivity index (χ0v) is 12.3. The van der Waals surface area contributed by atoms with E-state index in [0.29, 0.717) is 0 Å². The molecule has 0 aliphatic rings. The first-order chi connectivity index (χ1) is 9.34. The molecule has 0 unspecified atom stereocenters. The summed E-state index contributed by atoms with van der Waals surface area (Å²) in [5, 5.41) is 0. The molecule has 1 nitrogen and oxygen atoms in total. The number of rotatable bonds is 9. The summed E-state index contributed by atoms with van der Waals surface area (Å²) in [5.74, 6) is 0.923. The maximum atomic E-state index is 5.56. The van der Waals surface area contributed by atoms with Gasteiger partial charge in [-0.3, -0.25) is 0 Å². The molecule has 1 aromatic carbocycles. The van der Waals surface area contributed by atoms with Crippen molar-refractivity contribution in [1.82, 2.24) is 0 Å². The van der Waals surface area contributed by atoms with E-state index in [-0.39, 0.29) is 0 Å². The molecule has 1 aromatic rings. The third-order valence-corrected chi connectivity index (χ3v) is 3.09. The van der Waals surface area contributed by atoms with Crippen molar-refractivity contribution in [2.75, 3.05) is 0 Å². The van der Waals surface area contributed by atoms with Crippen LogP contribution in [-0.2, 0) is 0 Å². The molecule has 0 saturated heterocycles. The number of hydrogen-bond acceptors (Lipinski definition) is 1. The highest BCUT2D eigenvalue weighted by Gasteiger charge is 1.93. The standard InChI is InChI=1S/C18H26O/c1-3-4-5-6-7-8-9-10-13-16-19-18-15-12-11-14-17(18)2/h9-16H,3-8H2,1-2H3. The summed E-state index contributed by atoms with van der Waals surface area (Å²) in [7, 11) is 0. The minimum absolute atomic E-state index is 0.923. The van der Waals surface area contributed by atoms with Crippen LogP contribution in [-0.4, -0.2) is 0 Å². The van der Waals surface area contributed by atoms with E-state index in [9.17, 15) is 0 Å². The first-order valence-electron chi connectivity index (χ1n) is 7.38. The lowest BCUT2D eigenvalue weighted by molar-refractivity contribution is 0.477. The molecule has 0 N–H and O–H groups in total. The number of aryl methyl sites for hydroxylation is 1. The van der Waals surface area contributed by atoms with Crippen LogP contribution in [0.2, 0.25) is 0 Å². The minimum Gasteiger partial charge on any atom is -0.465 e. The summed E-state index contributed by atoms with van der Waals surface area (Å²) >= 11 is 0. The highest BCUT2D eigenvalue weighted by Crippen LogP contribution is 2.16. The predicted molar refractivity (Wildman–Crippen MR) is 83.5 cm³/mol. The highest BCUT2D eigenvalue weighted by atomic mass is 16.5. The molecule has 0 saturated carbocycles. The van der Waals surface area contributed by atoms with Gasteiger partial charge in [-0.15, -0.1) is 0 Å². The van der Waals surface area contributed by atoms with Crippen molar-refractivity contribution in [3.8, 4) is 5.75 Å². The molecular formula is C18H26O.